The monoisotopic (exact) mass is 441 g/mol. The second-order valence-electron chi connectivity index (χ2n) is 6.82. The van der Waals surface area contributed by atoms with Gasteiger partial charge in [0.15, 0.2) is 6.61 Å². The van der Waals surface area contributed by atoms with Crippen LogP contribution in [0.4, 0.5) is 0 Å². The lowest BCUT2D eigenvalue weighted by Gasteiger charge is -2.21. The van der Waals surface area contributed by atoms with Crippen molar-refractivity contribution in [1.29, 1.82) is 0 Å². The van der Waals surface area contributed by atoms with E-state index in [1.807, 2.05) is 13.8 Å². The van der Waals surface area contributed by atoms with Gasteiger partial charge in [0.2, 0.25) is 15.9 Å². The molecule has 10 heteroatoms. The van der Waals surface area contributed by atoms with Gasteiger partial charge in [-0.05, 0) is 39.0 Å². The molecule has 0 aliphatic rings. The average Bonchev–Trinajstić information content (AvgIpc) is 2.70. The molecule has 0 saturated carbocycles. The van der Waals surface area contributed by atoms with Gasteiger partial charge in [-0.2, -0.15) is 4.31 Å². The maximum absolute atomic E-state index is 12.6. The van der Waals surface area contributed by atoms with Gasteiger partial charge in [0.05, 0.1) is 17.0 Å². The standard InChI is InChI=1S/C20H31N3O6S/c1-6-22(13-18(24)21-15(4)5)19(25)14-29-20(26)16-10-9-11-17(12-16)30(27,28)23(7-2)8-3/h9-12,15H,6-8,13-14H2,1-5H3,(H,21,24). The molecule has 0 unspecified atom stereocenters. The van der Waals surface area contributed by atoms with Crippen LogP contribution in [0.25, 0.3) is 0 Å². The summed E-state index contributed by atoms with van der Waals surface area (Å²) in [6, 6.07) is 5.45. The topological polar surface area (TPSA) is 113 Å². The van der Waals surface area contributed by atoms with E-state index in [4.69, 9.17) is 4.74 Å². The minimum absolute atomic E-state index is 0.0208. The molecule has 0 fully saturated rings. The first-order chi connectivity index (χ1) is 14.1. The van der Waals surface area contributed by atoms with Crippen LogP contribution in [0.2, 0.25) is 0 Å². The van der Waals surface area contributed by atoms with E-state index >= 15 is 0 Å². The first-order valence-electron chi connectivity index (χ1n) is 9.91. The summed E-state index contributed by atoms with van der Waals surface area (Å²) >= 11 is 0. The molecule has 0 atom stereocenters. The van der Waals surface area contributed by atoms with Crippen molar-refractivity contribution in [3.63, 3.8) is 0 Å². The highest BCUT2D eigenvalue weighted by Gasteiger charge is 2.23. The maximum Gasteiger partial charge on any atom is 0.338 e. The van der Waals surface area contributed by atoms with Gasteiger partial charge in [0.1, 0.15) is 0 Å². The van der Waals surface area contributed by atoms with E-state index in [1.54, 1.807) is 20.8 Å². The van der Waals surface area contributed by atoms with Crippen molar-refractivity contribution >= 4 is 27.8 Å². The summed E-state index contributed by atoms with van der Waals surface area (Å²) in [4.78, 5) is 37.7. The molecule has 0 saturated heterocycles. The predicted molar refractivity (Wildman–Crippen MR) is 112 cm³/mol. The first-order valence-corrected chi connectivity index (χ1v) is 11.3. The third kappa shape index (κ3) is 7.10. The lowest BCUT2D eigenvalue weighted by molar-refractivity contribution is -0.138. The third-order valence-corrected chi connectivity index (χ3v) is 6.30. The quantitative estimate of drug-likeness (QED) is 0.517. The molecule has 2 amide bonds. The second-order valence-corrected chi connectivity index (χ2v) is 8.76. The number of hydrogen-bond acceptors (Lipinski definition) is 6. The van der Waals surface area contributed by atoms with E-state index in [9.17, 15) is 22.8 Å². The molecule has 0 radical (unpaired) electrons. The van der Waals surface area contributed by atoms with Crippen molar-refractivity contribution < 1.29 is 27.5 Å². The Bertz CT molecular complexity index is 850. The van der Waals surface area contributed by atoms with Crippen molar-refractivity contribution in [3.8, 4) is 0 Å². The molecule has 0 aromatic heterocycles. The Morgan fingerprint density at radius 2 is 1.70 bits per heavy atom. The Hall–Kier alpha value is -2.46. The molecule has 1 aromatic carbocycles. The number of sulfonamides is 1. The molecule has 0 bridgehead atoms. The summed E-state index contributed by atoms with van der Waals surface area (Å²) in [6.45, 7) is 9.00. The Balaban J connectivity index is 2.81. The van der Waals surface area contributed by atoms with Crippen LogP contribution >= 0.6 is 0 Å². The number of esters is 1. The number of ether oxygens (including phenoxy) is 1. The molecule has 1 aromatic rings. The second kappa shape index (κ2) is 11.7. The van der Waals surface area contributed by atoms with Gasteiger partial charge >= 0.3 is 5.97 Å². The van der Waals surface area contributed by atoms with Gasteiger partial charge in [0, 0.05) is 25.7 Å². The number of carbonyl (C=O) groups excluding carboxylic acids is 3. The Morgan fingerprint density at radius 1 is 1.07 bits per heavy atom. The minimum atomic E-state index is -3.72. The fourth-order valence-corrected chi connectivity index (χ4v) is 4.22. The van der Waals surface area contributed by atoms with Crippen LogP contribution in [0.15, 0.2) is 29.2 Å². The predicted octanol–water partition coefficient (Wildman–Crippen LogP) is 1.25. The summed E-state index contributed by atoms with van der Waals surface area (Å²) in [5.74, 6) is -1.64. The molecule has 9 nitrogen and oxygen atoms in total. The molecule has 0 aliphatic heterocycles. The molecule has 1 rings (SSSR count). The van der Waals surface area contributed by atoms with Crippen molar-refractivity contribution in [3.05, 3.63) is 29.8 Å². The van der Waals surface area contributed by atoms with Crippen molar-refractivity contribution in [2.75, 3.05) is 32.8 Å². The number of nitrogens with one attached hydrogen (secondary N) is 1. The van der Waals surface area contributed by atoms with E-state index < -0.39 is 28.5 Å². The van der Waals surface area contributed by atoms with Gasteiger partial charge in [-0.15, -0.1) is 0 Å². The third-order valence-electron chi connectivity index (χ3n) is 4.26. The van der Waals surface area contributed by atoms with Gasteiger partial charge in [-0.25, -0.2) is 13.2 Å². The number of benzene rings is 1. The highest BCUT2D eigenvalue weighted by atomic mass is 32.2. The Morgan fingerprint density at radius 3 is 2.23 bits per heavy atom. The lowest BCUT2D eigenvalue weighted by atomic mass is 10.2. The first kappa shape index (κ1) is 25.6. The molecular formula is C20H31N3O6S. The Kier molecular flexibility index (Phi) is 9.94. The maximum atomic E-state index is 12.6. The van der Waals surface area contributed by atoms with Gasteiger partial charge in [0.25, 0.3) is 5.91 Å². The van der Waals surface area contributed by atoms with Crippen LogP contribution in [0, 0.1) is 0 Å². The number of nitrogens with zero attached hydrogens (tertiary/aromatic N) is 2. The minimum Gasteiger partial charge on any atom is -0.452 e. The number of rotatable bonds is 11. The van der Waals surface area contributed by atoms with Crippen LogP contribution < -0.4 is 5.32 Å². The SMILES string of the molecule is CCN(CC(=O)NC(C)C)C(=O)COC(=O)c1cccc(S(=O)(=O)N(CC)CC)c1. The van der Waals surface area contributed by atoms with Crippen molar-refractivity contribution in [1.82, 2.24) is 14.5 Å². The summed E-state index contributed by atoms with van der Waals surface area (Å²) in [5, 5.41) is 2.69. The number of likely N-dealkylation sites (N-methyl/N-ethyl adjacent to an activating group) is 1. The smallest absolute Gasteiger partial charge is 0.338 e. The van der Waals surface area contributed by atoms with Crippen LogP contribution in [-0.4, -0.2) is 74.2 Å². The van der Waals surface area contributed by atoms with E-state index in [0.717, 1.165) is 0 Å². The van der Waals surface area contributed by atoms with E-state index in [1.165, 1.54) is 33.5 Å². The van der Waals surface area contributed by atoms with Gasteiger partial charge < -0.3 is 15.0 Å². The fraction of sp³-hybridized carbons (Fsp3) is 0.550. The van der Waals surface area contributed by atoms with Crippen molar-refractivity contribution in [2.24, 2.45) is 0 Å². The van der Waals surface area contributed by atoms with E-state index in [2.05, 4.69) is 5.32 Å². The Labute approximate surface area is 178 Å². The molecule has 0 aliphatic carbocycles. The fourth-order valence-electron chi connectivity index (χ4n) is 2.72. The molecule has 1 N–H and O–H groups in total. The zero-order chi connectivity index (χ0) is 22.9. The number of carbonyl (C=O) groups is 3. The zero-order valence-corrected chi connectivity index (χ0v) is 19.0. The lowest BCUT2D eigenvalue weighted by Crippen LogP contribution is -2.44. The summed E-state index contributed by atoms with van der Waals surface area (Å²) < 4.78 is 31.6. The molecule has 0 heterocycles. The summed E-state index contributed by atoms with van der Waals surface area (Å²) in [5.41, 5.74) is 0.0247. The zero-order valence-electron chi connectivity index (χ0n) is 18.2. The molecule has 30 heavy (non-hydrogen) atoms. The number of amides is 2. The van der Waals surface area contributed by atoms with E-state index in [0.29, 0.717) is 13.1 Å². The largest absolute Gasteiger partial charge is 0.452 e. The van der Waals surface area contributed by atoms with Crippen molar-refractivity contribution in [2.45, 2.75) is 45.6 Å². The summed E-state index contributed by atoms with van der Waals surface area (Å²) in [7, 11) is -3.72. The normalized spacial score (nSPS) is 11.4. The molecule has 168 valence electrons. The van der Waals surface area contributed by atoms with E-state index in [-0.39, 0.29) is 35.5 Å². The number of hydrogen-bond donors (Lipinski definition) is 1. The molecule has 0 spiro atoms. The highest BCUT2D eigenvalue weighted by Crippen LogP contribution is 2.17. The van der Waals surface area contributed by atoms with Gasteiger partial charge in [-0.3, -0.25) is 9.59 Å². The highest BCUT2D eigenvalue weighted by molar-refractivity contribution is 7.89. The van der Waals surface area contributed by atoms with Crippen LogP contribution in [0.1, 0.15) is 45.0 Å². The average molecular weight is 442 g/mol. The van der Waals surface area contributed by atoms with Gasteiger partial charge in [-0.1, -0.05) is 19.9 Å². The summed E-state index contributed by atoms with van der Waals surface area (Å²) in [6.07, 6.45) is 0. The van der Waals surface area contributed by atoms with Crippen LogP contribution in [0.5, 0.6) is 0 Å². The van der Waals surface area contributed by atoms with Crippen LogP contribution in [0.3, 0.4) is 0 Å². The van der Waals surface area contributed by atoms with Crippen LogP contribution in [-0.2, 0) is 24.3 Å². The molecular weight excluding hydrogens is 410 g/mol.